The van der Waals surface area contributed by atoms with E-state index in [0.29, 0.717) is 38.5 Å². The number of hydrogen-bond donors (Lipinski definition) is 2. The molecule has 1 aliphatic heterocycles. The van der Waals surface area contributed by atoms with Crippen LogP contribution in [0.2, 0.25) is 0 Å². The van der Waals surface area contributed by atoms with E-state index in [-0.39, 0.29) is 11.9 Å². The molecule has 0 radical (unpaired) electrons. The number of oxazole rings is 1. The third-order valence-corrected chi connectivity index (χ3v) is 3.98. The van der Waals surface area contributed by atoms with Crippen molar-refractivity contribution in [2.45, 2.75) is 25.8 Å². The molecule has 6 heteroatoms. The van der Waals surface area contributed by atoms with E-state index in [1.54, 1.807) is 6.26 Å². The smallest absolute Gasteiger partial charge is 0.226 e. The SMILES string of the molecule is Cc1ccc(-c2nc(CCNC(=O)CC3COCCN3)co2)cc1. The van der Waals surface area contributed by atoms with Crippen LogP contribution in [0.5, 0.6) is 0 Å². The molecule has 0 saturated carbocycles. The molecule has 1 fully saturated rings. The van der Waals surface area contributed by atoms with Crippen LogP contribution in [-0.4, -0.2) is 43.2 Å². The summed E-state index contributed by atoms with van der Waals surface area (Å²) in [5, 5.41) is 6.19. The number of aryl methyl sites for hydroxylation is 1. The summed E-state index contributed by atoms with van der Waals surface area (Å²) in [4.78, 5) is 16.4. The summed E-state index contributed by atoms with van der Waals surface area (Å²) in [6, 6.07) is 8.15. The van der Waals surface area contributed by atoms with Crippen molar-refractivity contribution < 1.29 is 13.9 Å². The van der Waals surface area contributed by atoms with Gasteiger partial charge in [-0.2, -0.15) is 0 Å². The lowest BCUT2D eigenvalue weighted by molar-refractivity contribution is -0.122. The molecular formula is C18H23N3O3. The van der Waals surface area contributed by atoms with Crippen LogP contribution in [0.1, 0.15) is 17.7 Å². The Balaban J connectivity index is 1.43. The van der Waals surface area contributed by atoms with Gasteiger partial charge in [0.2, 0.25) is 11.8 Å². The summed E-state index contributed by atoms with van der Waals surface area (Å²) < 4.78 is 10.9. The van der Waals surface area contributed by atoms with Gasteiger partial charge in [-0.25, -0.2) is 4.98 Å². The lowest BCUT2D eigenvalue weighted by Gasteiger charge is -2.23. The van der Waals surface area contributed by atoms with Crippen molar-refractivity contribution in [3.8, 4) is 11.5 Å². The zero-order chi connectivity index (χ0) is 16.8. The van der Waals surface area contributed by atoms with E-state index in [4.69, 9.17) is 9.15 Å². The minimum atomic E-state index is 0.0280. The van der Waals surface area contributed by atoms with Crippen LogP contribution < -0.4 is 10.6 Å². The van der Waals surface area contributed by atoms with E-state index in [0.717, 1.165) is 17.8 Å². The van der Waals surface area contributed by atoms with Gasteiger partial charge in [0.1, 0.15) is 6.26 Å². The second kappa shape index (κ2) is 8.08. The molecule has 1 aromatic heterocycles. The Morgan fingerprint density at radius 1 is 1.38 bits per heavy atom. The van der Waals surface area contributed by atoms with Gasteiger partial charge in [-0.05, 0) is 19.1 Å². The number of hydrogen-bond acceptors (Lipinski definition) is 5. The third kappa shape index (κ3) is 4.66. The molecule has 1 aromatic carbocycles. The molecule has 1 saturated heterocycles. The summed E-state index contributed by atoms with van der Waals surface area (Å²) in [5.74, 6) is 0.639. The van der Waals surface area contributed by atoms with Crippen LogP contribution in [0.15, 0.2) is 34.9 Å². The lowest BCUT2D eigenvalue weighted by Crippen LogP contribution is -2.44. The van der Waals surface area contributed by atoms with Crippen molar-refractivity contribution in [2.24, 2.45) is 0 Å². The molecule has 2 N–H and O–H groups in total. The van der Waals surface area contributed by atoms with E-state index in [1.165, 1.54) is 5.56 Å². The average molecular weight is 329 g/mol. The van der Waals surface area contributed by atoms with E-state index in [2.05, 4.69) is 15.6 Å². The van der Waals surface area contributed by atoms with Crippen LogP contribution in [0.25, 0.3) is 11.5 Å². The van der Waals surface area contributed by atoms with Crippen molar-refractivity contribution in [1.29, 1.82) is 0 Å². The number of carbonyl (C=O) groups is 1. The molecule has 1 unspecified atom stereocenters. The van der Waals surface area contributed by atoms with E-state index in [9.17, 15) is 4.79 Å². The normalized spacial score (nSPS) is 17.6. The molecule has 0 spiro atoms. The maximum atomic E-state index is 11.9. The fourth-order valence-corrected chi connectivity index (χ4v) is 2.63. The fraction of sp³-hybridized carbons (Fsp3) is 0.444. The Hall–Kier alpha value is -2.18. The number of nitrogens with zero attached hydrogens (tertiary/aromatic N) is 1. The van der Waals surface area contributed by atoms with Gasteiger partial charge in [-0.1, -0.05) is 17.7 Å². The van der Waals surface area contributed by atoms with Gasteiger partial charge in [0, 0.05) is 37.5 Å². The standard InChI is InChI=1S/C18H23N3O3/c1-13-2-4-14(5-3-13)18-21-15(12-24-18)6-7-20-17(22)10-16-11-23-9-8-19-16/h2-5,12,16,19H,6-11H2,1H3,(H,20,22). The zero-order valence-electron chi connectivity index (χ0n) is 13.9. The zero-order valence-corrected chi connectivity index (χ0v) is 13.9. The number of ether oxygens (including phenoxy) is 1. The van der Waals surface area contributed by atoms with Crippen molar-refractivity contribution in [3.05, 3.63) is 41.8 Å². The molecule has 1 atom stereocenters. The van der Waals surface area contributed by atoms with Crippen LogP contribution in [0.3, 0.4) is 0 Å². The third-order valence-electron chi connectivity index (χ3n) is 3.98. The first kappa shape index (κ1) is 16.7. The predicted octanol–water partition coefficient (Wildman–Crippen LogP) is 1.69. The van der Waals surface area contributed by atoms with Crippen LogP contribution >= 0.6 is 0 Å². The van der Waals surface area contributed by atoms with E-state index < -0.39 is 0 Å². The van der Waals surface area contributed by atoms with E-state index >= 15 is 0 Å². The Kier molecular flexibility index (Phi) is 5.61. The number of morpholine rings is 1. The molecular weight excluding hydrogens is 306 g/mol. The molecule has 2 aromatic rings. The fourth-order valence-electron chi connectivity index (χ4n) is 2.63. The molecule has 0 bridgehead atoms. The molecule has 3 rings (SSSR count). The average Bonchev–Trinajstić information content (AvgIpc) is 3.05. The molecule has 0 aliphatic carbocycles. The van der Waals surface area contributed by atoms with Crippen LogP contribution in [-0.2, 0) is 16.0 Å². The Morgan fingerprint density at radius 3 is 2.96 bits per heavy atom. The summed E-state index contributed by atoms with van der Waals surface area (Å²) >= 11 is 0. The second-order valence-electron chi connectivity index (χ2n) is 6.04. The largest absolute Gasteiger partial charge is 0.444 e. The van der Waals surface area contributed by atoms with Gasteiger partial charge >= 0.3 is 0 Å². The summed E-state index contributed by atoms with van der Waals surface area (Å²) in [6.45, 7) is 4.71. The molecule has 24 heavy (non-hydrogen) atoms. The maximum absolute atomic E-state index is 11.9. The quantitative estimate of drug-likeness (QED) is 0.843. The number of carbonyl (C=O) groups excluding carboxylic acids is 1. The first-order valence-electron chi connectivity index (χ1n) is 8.30. The Morgan fingerprint density at radius 2 is 2.21 bits per heavy atom. The first-order valence-corrected chi connectivity index (χ1v) is 8.30. The summed E-state index contributed by atoms with van der Waals surface area (Å²) in [6.07, 6.45) is 2.74. The molecule has 128 valence electrons. The van der Waals surface area contributed by atoms with Crippen molar-refractivity contribution in [3.63, 3.8) is 0 Å². The summed E-state index contributed by atoms with van der Waals surface area (Å²) in [7, 11) is 0. The number of amides is 1. The Labute approximate surface area is 141 Å². The number of aromatic nitrogens is 1. The molecule has 2 heterocycles. The minimum Gasteiger partial charge on any atom is -0.444 e. The van der Waals surface area contributed by atoms with Crippen LogP contribution in [0.4, 0.5) is 0 Å². The topological polar surface area (TPSA) is 76.4 Å². The molecule has 1 amide bonds. The molecule has 1 aliphatic rings. The number of nitrogens with one attached hydrogen (secondary N) is 2. The van der Waals surface area contributed by atoms with E-state index in [1.807, 2.05) is 31.2 Å². The van der Waals surface area contributed by atoms with Crippen molar-refractivity contribution >= 4 is 5.91 Å². The van der Waals surface area contributed by atoms with Gasteiger partial charge in [0.25, 0.3) is 0 Å². The maximum Gasteiger partial charge on any atom is 0.226 e. The highest BCUT2D eigenvalue weighted by molar-refractivity contribution is 5.76. The van der Waals surface area contributed by atoms with Gasteiger partial charge < -0.3 is 19.8 Å². The number of benzene rings is 1. The lowest BCUT2D eigenvalue weighted by atomic mass is 10.1. The van der Waals surface area contributed by atoms with Gasteiger partial charge in [-0.15, -0.1) is 0 Å². The van der Waals surface area contributed by atoms with Crippen molar-refractivity contribution in [1.82, 2.24) is 15.6 Å². The highest BCUT2D eigenvalue weighted by atomic mass is 16.5. The highest BCUT2D eigenvalue weighted by Crippen LogP contribution is 2.19. The highest BCUT2D eigenvalue weighted by Gasteiger charge is 2.16. The first-order chi connectivity index (χ1) is 11.7. The van der Waals surface area contributed by atoms with Gasteiger partial charge in [0.05, 0.1) is 18.9 Å². The van der Waals surface area contributed by atoms with Crippen LogP contribution in [0, 0.1) is 6.92 Å². The van der Waals surface area contributed by atoms with Gasteiger partial charge in [0.15, 0.2) is 0 Å². The minimum absolute atomic E-state index is 0.0280. The Bertz CT molecular complexity index is 660. The second-order valence-corrected chi connectivity index (χ2v) is 6.04. The number of rotatable bonds is 6. The van der Waals surface area contributed by atoms with Gasteiger partial charge in [-0.3, -0.25) is 4.79 Å². The summed E-state index contributed by atoms with van der Waals surface area (Å²) in [5.41, 5.74) is 3.00. The van der Waals surface area contributed by atoms with Crippen molar-refractivity contribution in [2.75, 3.05) is 26.3 Å². The molecule has 6 nitrogen and oxygen atoms in total. The monoisotopic (exact) mass is 329 g/mol. The predicted molar refractivity (Wildman–Crippen MR) is 90.6 cm³/mol.